The van der Waals surface area contributed by atoms with Crippen LogP contribution in [0.1, 0.15) is 17.7 Å². The maximum Gasteiger partial charge on any atom is 0.236 e. The fourth-order valence-corrected chi connectivity index (χ4v) is 4.64. The molecule has 1 aromatic carbocycles. The van der Waals surface area contributed by atoms with Crippen LogP contribution in [0.5, 0.6) is 0 Å². The summed E-state index contributed by atoms with van der Waals surface area (Å²) in [7, 11) is 5.42. The zero-order valence-corrected chi connectivity index (χ0v) is 18.4. The van der Waals surface area contributed by atoms with E-state index in [1.54, 1.807) is 25.2 Å². The zero-order chi connectivity index (χ0) is 22.6. The minimum Gasteiger partial charge on any atom is -0.370 e. The van der Waals surface area contributed by atoms with Crippen LogP contribution in [0.3, 0.4) is 0 Å². The van der Waals surface area contributed by atoms with E-state index >= 15 is 0 Å². The highest BCUT2D eigenvalue weighted by atomic mass is 19.2. The number of nitrogens with one attached hydrogen (secondary N) is 1. The van der Waals surface area contributed by atoms with Crippen molar-refractivity contribution in [1.82, 2.24) is 19.8 Å². The molecule has 32 heavy (non-hydrogen) atoms. The van der Waals surface area contributed by atoms with Crippen molar-refractivity contribution in [3.05, 3.63) is 53.4 Å². The van der Waals surface area contributed by atoms with Gasteiger partial charge in [-0.2, -0.15) is 0 Å². The Morgan fingerprint density at radius 1 is 1.22 bits per heavy atom. The van der Waals surface area contributed by atoms with Crippen molar-refractivity contribution in [1.29, 1.82) is 0 Å². The Hall–Kier alpha value is -3.26. The molecule has 0 bridgehead atoms. The number of halogens is 2. The smallest absolute Gasteiger partial charge is 0.236 e. The number of pyridine rings is 1. The molecule has 2 aliphatic heterocycles. The Kier molecular flexibility index (Phi) is 4.97. The summed E-state index contributed by atoms with van der Waals surface area (Å²) >= 11 is 0. The average molecular weight is 437 g/mol. The number of H-pyrrole nitrogens is 1. The highest BCUT2D eigenvalue weighted by Gasteiger charge is 2.27. The summed E-state index contributed by atoms with van der Waals surface area (Å²) in [4.78, 5) is 25.7. The molecule has 3 aromatic rings. The van der Waals surface area contributed by atoms with E-state index in [-0.39, 0.29) is 5.91 Å². The lowest BCUT2D eigenvalue weighted by Crippen LogP contribution is -2.38. The second kappa shape index (κ2) is 7.70. The van der Waals surface area contributed by atoms with Gasteiger partial charge in [-0.3, -0.25) is 9.69 Å². The summed E-state index contributed by atoms with van der Waals surface area (Å²) < 4.78 is 28.2. The fourth-order valence-electron chi connectivity index (χ4n) is 4.64. The van der Waals surface area contributed by atoms with Crippen molar-refractivity contribution >= 4 is 28.2 Å². The number of fused-ring (bicyclic) bond motifs is 2. The van der Waals surface area contributed by atoms with Crippen molar-refractivity contribution in [2.24, 2.45) is 0 Å². The van der Waals surface area contributed by atoms with Crippen LogP contribution in [0, 0.1) is 11.6 Å². The van der Waals surface area contributed by atoms with Crippen molar-refractivity contribution in [2.45, 2.75) is 13.0 Å². The van der Waals surface area contributed by atoms with Crippen LogP contribution in [-0.4, -0.2) is 66.5 Å². The average Bonchev–Trinajstić information content (AvgIpc) is 3.08. The van der Waals surface area contributed by atoms with E-state index in [0.29, 0.717) is 30.9 Å². The maximum atomic E-state index is 14.1. The van der Waals surface area contributed by atoms with Crippen LogP contribution in [0.4, 0.5) is 14.5 Å². The highest BCUT2D eigenvalue weighted by Crippen LogP contribution is 2.43. The molecule has 0 spiro atoms. The van der Waals surface area contributed by atoms with Gasteiger partial charge in [-0.15, -0.1) is 0 Å². The maximum absolute atomic E-state index is 14.1. The molecule has 1 amide bonds. The largest absolute Gasteiger partial charge is 0.370 e. The normalized spacial score (nSPS) is 16.0. The molecule has 0 saturated heterocycles. The van der Waals surface area contributed by atoms with Crippen molar-refractivity contribution in [2.75, 3.05) is 45.7 Å². The second-order valence-corrected chi connectivity index (χ2v) is 8.70. The molecular weight excluding hydrogens is 412 g/mol. The SMILES string of the molecule is CN(C)C(=O)CN1CC=C(c2[nH]c3nccc4c3c2CN(C)c2cc(F)c(F)cc2-4)CC1. The molecule has 0 atom stereocenters. The number of rotatable bonds is 3. The number of anilines is 1. The number of benzene rings is 1. The minimum atomic E-state index is -0.858. The molecule has 4 heterocycles. The van der Waals surface area contributed by atoms with Gasteiger partial charge < -0.3 is 14.8 Å². The number of likely N-dealkylation sites (N-methyl/N-ethyl adjacent to an activating group) is 1. The van der Waals surface area contributed by atoms with Crippen LogP contribution in [0.2, 0.25) is 0 Å². The van der Waals surface area contributed by atoms with Gasteiger partial charge in [0.15, 0.2) is 11.6 Å². The van der Waals surface area contributed by atoms with Gasteiger partial charge in [0.1, 0.15) is 5.65 Å². The Bertz CT molecular complexity index is 1260. The van der Waals surface area contributed by atoms with Crippen LogP contribution in [0.25, 0.3) is 27.7 Å². The van der Waals surface area contributed by atoms with E-state index in [0.717, 1.165) is 40.8 Å². The van der Waals surface area contributed by atoms with E-state index in [9.17, 15) is 13.6 Å². The number of aromatic amines is 1. The third kappa shape index (κ3) is 3.35. The molecule has 0 aliphatic carbocycles. The number of carbonyl (C=O) groups excluding carboxylic acids is 1. The Balaban J connectivity index is 1.56. The van der Waals surface area contributed by atoms with E-state index in [1.807, 2.05) is 18.0 Å². The third-order valence-electron chi connectivity index (χ3n) is 6.41. The Labute approximate surface area is 185 Å². The standard InChI is InChI=1S/C24H25F2N5O/c1-29(2)21(32)13-31-8-5-14(6-9-31)23-17-12-30(3)20-11-19(26)18(25)10-16(20)15-4-7-27-24(28-23)22(15)17/h4-5,7,10-11H,6,8-9,12-13H2,1-3H3,(H,27,28). The molecule has 1 N–H and O–H groups in total. The number of hydrogen-bond donors (Lipinski definition) is 1. The molecule has 2 aromatic heterocycles. The number of hydrogen-bond acceptors (Lipinski definition) is 4. The van der Waals surface area contributed by atoms with Gasteiger partial charge in [0.25, 0.3) is 0 Å². The van der Waals surface area contributed by atoms with Crippen LogP contribution in [0.15, 0.2) is 30.5 Å². The summed E-state index contributed by atoms with van der Waals surface area (Å²) in [5, 5.41) is 0.949. The Morgan fingerprint density at radius 2 is 2.00 bits per heavy atom. The molecule has 5 rings (SSSR count). The van der Waals surface area contributed by atoms with Crippen LogP contribution < -0.4 is 4.90 Å². The molecule has 0 radical (unpaired) electrons. The number of amides is 1. The van der Waals surface area contributed by atoms with Crippen molar-refractivity contribution in [3.8, 4) is 11.1 Å². The first-order valence-corrected chi connectivity index (χ1v) is 10.7. The number of nitrogens with zero attached hydrogens (tertiary/aromatic N) is 4. The van der Waals surface area contributed by atoms with Gasteiger partial charge in [-0.25, -0.2) is 13.8 Å². The molecule has 0 fully saturated rings. The topological polar surface area (TPSA) is 55.5 Å². The summed E-state index contributed by atoms with van der Waals surface area (Å²) in [5.74, 6) is -1.62. The van der Waals surface area contributed by atoms with Gasteiger partial charge in [0, 0.05) is 80.9 Å². The molecule has 166 valence electrons. The molecule has 2 aliphatic rings. The monoisotopic (exact) mass is 437 g/mol. The van der Waals surface area contributed by atoms with Gasteiger partial charge in [0.2, 0.25) is 5.91 Å². The van der Waals surface area contributed by atoms with E-state index in [4.69, 9.17) is 0 Å². The predicted octanol–water partition coefficient (Wildman–Crippen LogP) is 3.64. The highest BCUT2D eigenvalue weighted by molar-refractivity contribution is 6.02. The van der Waals surface area contributed by atoms with Gasteiger partial charge in [0.05, 0.1) is 6.54 Å². The molecule has 8 heteroatoms. The van der Waals surface area contributed by atoms with Crippen LogP contribution in [-0.2, 0) is 11.3 Å². The Morgan fingerprint density at radius 3 is 2.72 bits per heavy atom. The minimum absolute atomic E-state index is 0.0896. The lowest BCUT2D eigenvalue weighted by Gasteiger charge is -2.27. The van der Waals surface area contributed by atoms with Crippen molar-refractivity contribution in [3.63, 3.8) is 0 Å². The zero-order valence-electron chi connectivity index (χ0n) is 18.4. The summed E-state index contributed by atoms with van der Waals surface area (Å²) in [6, 6.07) is 4.41. The molecule has 0 unspecified atom stereocenters. The third-order valence-corrected chi connectivity index (χ3v) is 6.41. The molecule has 6 nitrogen and oxygen atoms in total. The fraction of sp³-hybridized carbons (Fsp3) is 0.333. The summed E-state index contributed by atoms with van der Waals surface area (Å²) in [6.07, 6.45) is 4.66. The molecule has 0 saturated carbocycles. The molecular formula is C24H25F2N5O. The van der Waals surface area contributed by atoms with E-state index in [2.05, 4.69) is 20.9 Å². The number of carbonyl (C=O) groups is 1. The first-order valence-electron chi connectivity index (χ1n) is 10.7. The van der Waals surface area contributed by atoms with Gasteiger partial charge in [-0.05, 0) is 29.7 Å². The second-order valence-electron chi connectivity index (χ2n) is 8.70. The first-order chi connectivity index (χ1) is 15.3. The van der Waals surface area contributed by atoms with E-state index < -0.39 is 11.6 Å². The lowest BCUT2D eigenvalue weighted by molar-refractivity contribution is -0.129. The predicted molar refractivity (Wildman–Crippen MR) is 121 cm³/mol. The summed E-state index contributed by atoms with van der Waals surface area (Å²) in [6.45, 7) is 2.42. The van der Waals surface area contributed by atoms with Gasteiger partial charge in [-0.1, -0.05) is 6.08 Å². The summed E-state index contributed by atoms with van der Waals surface area (Å²) in [5.41, 5.74) is 6.17. The number of aromatic nitrogens is 2. The first kappa shape index (κ1) is 20.6. The lowest BCUT2D eigenvalue weighted by atomic mass is 9.97. The van der Waals surface area contributed by atoms with Crippen molar-refractivity contribution < 1.29 is 13.6 Å². The van der Waals surface area contributed by atoms with Crippen LogP contribution >= 0.6 is 0 Å². The quantitative estimate of drug-likeness (QED) is 0.680. The van der Waals surface area contributed by atoms with E-state index in [1.165, 1.54) is 17.7 Å². The van der Waals surface area contributed by atoms with Gasteiger partial charge >= 0.3 is 0 Å².